The molecule has 3 aromatic carbocycles. The van der Waals surface area contributed by atoms with Gasteiger partial charge in [0.25, 0.3) is 0 Å². The summed E-state index contributed by atoms with van der Waals surface area (Å²) in [5.74, 6) is 0. The molecule has 28 heavy (non-hydrogen) atoms. The summed E-state index contributed by atoms with van der Waals surface area (Å²) in [4.78, 5) is 4.53. The first-order valence-corrected chi connectivity index (χ1v) is 9.75. The molecule has 0 saturated heterocycles. The number of hydrogen-bond donors (Lipinski definition) is 0. The van der Waals surface area contributed by atoms with Gasteiger partial charge in [0.05, 0.1) is 11.3 Å². The molecule has 0 radical (unpaired) electrons. The molecule has 142 valence electrons. The predicted octanol–water partition coefficient (Wildman–Crippen LogP) is 6.65. The Morgan fingerprint density at radius 1 is 0.643 bits per heavy atom. The van der Waals surface area contributed by atoms with Crippen LogP contribution in [0.1, 0.15) is 33.3 Å². The Morgan fingerprint density at radius 2 is 1.14 bits per heavy atom. The molecule has 3 aromatic rings. The summed E-state index contributed by atoms with van der Waals surface area (Å²) in [6, 6.07) is 29.6. The van der Waals surface area contributed by atoms with Crippen LogP contribution in [0.5, 0.6) is 0 Å². The van der Waals surface area contributed by atoms with E-state index < -0.39 is 0 Å². The highest BCUT2D eigenvalue weighted by atomic mass is 15.2. The summed E-state index contributed by atoms with van der Waals surface area (Å²) in [7, 11) is 0. The minimum Gasteiger partial charge on any atom is -0.339 e. The van der Waals surface area contributed by atoms with E-state index in [4.69, 9.17) is 0 Å². The van der Waals surface area contributed by atoms with E-state index in [1.54, 1.807) is 0 Å². The molecular weight excluding hydrogens is 342 g/mol. The lowest BCUT2D eigenvalue weighted by molar-refractivity contribution is 0.779. The molecular formula is C25H27N3. The zero-order valence-electron chi connectivity index (χ0n) is 17.0. The lowest BCUT2D eigenvalue weighted by Gasteiger charge is -2.33. The highest BCUT2D eigenvalue weighted by Gasteiger charge is 2.20. The van der Waals surface area contributed by atoms with Crippen LogP contribution in [0.4, 0.5) is 22.7 Å². The Bertz CT molecular complexity index is 941. The van der Waals surface area contributed by atoms with E-state index >= 15 is 0 Å². The van der Waals surface area contributed by atoms with Crippen molar-refractivity contribution in [1.29, 1.82) is 5.26 Å². The van der Waals surface area contributed by atoms with E-state index in [0.717, 1.165) is 22.7 Å². The highest BCUT2D eigenvalue weighted by molar-refractivity contribution is 5.76. The van der Waals surface area contributed by atoms with Crippen molar-refractivity contribution in [3.8, 4) is 6.07 Å². The smallest absolute Gasteiger partial charge is 0.101 e. The number of rotatable bonds is 6. The Hall–Kier alpha value is -3.25. The van der Waals surface area contributed by atoms with Crippen molar-refractivity contribution in [3.63, 3.8) is 0 Å². The lowest BCUT2D eigenvalue weighted by Crippen LogP contribution is -2.28. The second-order valence-electron chi connectivity index (χ2n) is 7.41. The fourth-order valence-corrected chi connectivity index (χ4v) is 3.60. The third-order valence-corrected chi connectivity index (χ3v) is 4.74. The molecule has 0 fully saturated rings. The van der Waals surface area contributed by atoms with E-state index in [1.165, 1.54) is 0 Å². The molecule has 0 aromatic heterocycles. The van der Waals surface area contributed by atoms with Crippen LogP contribution in [0.2, 0.25) is 0 Å². The lowest BCUT2D eigenvalue weighted by atomic mass is 10.1. The van der Waals surface area contributed by atoms with Crippen LogP contribution in [-0.4, -0.2) is 12.1 Å². The predicted molar refractivity (Wildman–Crippen MR) is 119 cm³/mol. The summed E-state index contributed by atoms with van der Waals surface area (Å²) >= 11 is 0. The van der Waals surface area contributed by atoms with Gasteiger partial charge in [-0.05, 0) is 70.2 Å². The topological polar surface area (TPSA) is 30.3 Å². The molecule has 0 atom stereocenters. The zero-order chi connectivity index (χ0) is 20.1. The normalized spacial score (nSPS) is 10.8. The van der Waals surface area contributed by atoms with Crippen molar-refractivity contribution in [2.75, 3.05) is 9.80 Å². The molecule has 0 unspecified atom stereocenters. The molecule has 3 rings (SSSR count). The Balaban J connectivity index is 2.15. The van der Waals surface area contributed by atoms with Crippen molar-refractivity contribution >= 4 is 22.7 Å². The minimum absolute atomic E-state index is 0.217. The van der Waals surface area contributed by atoms with Crippen LogP contribution in [0.3, 0.4) is 0 Å². The maximum atomic E-state index is 9.76. The van der Waals surface area contributed by atoms with Gasteiger partial charge in [-0.1, -0.05) is 36.4 Å². The monoisotopic (exact) mass is 369 g/mol. The summed E-state index contributed by atoms with van der Waals surface area (Å²) in [5.41, 5.74) is 4.92. The largest absolute Gasteiger partial charge is 0.339 e. The number of hydrogen-bond acceptors (Lipinski definition) is 3. The van der Waals surface area contributed by atoms with Gasteiger partial charge in [-0.3, -0.25) is 0 Å². The third kappa shape index (κ3) is 4.02. The number of anilines is 4. The van der Waals surface area contributed by atoms with Crippen LogP contribution >= 0.6 is 0 Å². The number of benzene rings is 3. The fourth-order valence-electron chi connectivity index (χ4n) is 3.60. The molecule has 0 aliphatic rings. The Labute approximate surface area is 168 Å². The standard InChI is InChI=1S/C25H27N3/c1-19(2)27(22-11-7-5-8-12-22)24-16-15-21(18-26)25(17-24)28(20(3)4)23-13-9-6-10-14-23/h5-17,19-20H,1-4H3. The highest BCUT2D eigenvalue weighted by Crippen LogP contribution is 2.36. The molecule has 3 heteroatoms. The van der Waals surface area contributed by atoms with Gasteiger partial charge >= 0.3 is 0 Å². The van der Waals surface area contributed by atoms with E-state index in [0.29, 0.717) is 5.56 Å². The summed E-state index contributed by atoms with van der Waals surface area (Å²) < 4.78 is 0. The van der Waals surface area contributed by atoms with Gasteiger partial charge < -0.3 is 9.80 Å². The van der Waals surface area contributed by atoms with Crippen molar-refractivity contribution in [2.24, 2.45) is 0 Å². The van der Waals surface area contributed by atoms with Crippen molar-refractivity contribution in [2.45, 2.75) is 39.8 Å². The van der Waals surface area contributed by atoms with Crippen LogP contribution in [-0.2, 0) is 0 Å². The SMILES string of the molecule is CC(C)N(c1ccccc1)c1ccc(C#N)c(N(c2ccccc2)C(C)C)c1. The van der Waals surface area contributed by atoms with Gasteiger partial charge in [0.1, 0.15) is 6.07 Å². The molecule has 0 aliphatic heterocycles. The summed E-state index contributed by atoms with van der Waals surface area (Å²) in [6.45, 7) is 8.67. The van der Waals surface area contributed by atoms with Crippen LogP contribution < -0.4 is 9.80 Å². The molecule has 3 nitrogen and oxygen atoms in total. The third-order valence-electron chi connectivity index (χ3n) is 4.74. The van der Waals surface area contributed by atoms with Gasteiger partial charge in [0.2, 0.25) is 0 Å². The second kappa shape index (κ2) is 8.63. The molecule has 0 bridgehead atoms. The van der Waals surface area contributed by atoms with E-state index in [1.807, 2.05) is 36.4 Å². The van der Waals surface area contributed by atoms with Gasteiger partial charge in [0.15, 0.2) is 0 Å². The van der Waals surface area contributed by atoms with Crippen LogP contribution in [0.15, 0.2) is 78.9 Å². The molecule has 0 aliphatic carbocycles. The number of nitriles is 1. The summed E-state index contributed by atoms with van der Waals surface area (Å²) in [6.07, 6.45) is 0. The van der Waals surface area contributed by atoms with Crippen molar-refractivity contribution < 1.29 is 0 Å². The van der Waals surface area contributed by atoms with E-state index in [2.05, 4.69) is 86.0 Å². The quantitative estimate of drug-likeness (QED) is 0.487. The zero-order valence-corrected chi connectivity index (χ0v) is 17.0. The van der Waals surface area contributed by atoms with Gasteiger partial charge in [0, 0.05) is 29.1 Å². The van der Waals surface area contributed by atoms with Gasteiger partial charge in [-0.15, -0.1) is 0 Å². The molecule has 0 N–H and O–H groups in total. The van der Waals surface area contributed by atoms with Crippen molar-refractivity contribution in [1.82, 2.24) is 0 Å². The van der Waals surface area contributed by atoms with Gasteiger partial charge in [-0.25, -0.2) is 0 Å². The first-order chi connectivity index (χ1) is 13.5. The van der Waals surface area contributed by atoms with Crippen LogP contribution in [0, 0.1) is 11.3 Å². The fraction of sp³-hybridized carbons (Fsp3) is 0.240. The molecule has 0 heterocycles. The van der Waals surface area contributed by atoms with Crippen LogP contribution in [0.25, 0.3) is 0 Å². The second-order valence-corrected chi connectivity index (χ2v) is 7.41. The average molecular weight is 370 g/mol. The number of nitrogens with zero attached hydrogens (tertiary/aromatic N) is 3. The average Bonchev–Trinajstić information content (AvgIpc) is 2.70. The molecule has 0 spiro atoms. The number of para-hydroxylation sites is 2. The Morgan fingerprint density at radius 3 is 1.61 bits per heavy atom. The molecule has 0 saturated carbocycles. The summed E-state index contributed by atoms with van der Waals surface area (Å²) in [5, 5.41) is 9.76. The molecule has 0 amide bonds. The Kier molecular flexibility index (Phi) is 6.01. The van der Waals surface area contributed by atoms with E-state index in [-0.39, 0.29) is 12.1 Å². The maximum absolute atomic E-state index is 9.76. The minimum atomic E-state index is 0.217. The first kappa shape index (κ1) is 19.5. The first-order valence-electron chi connectivity index (χ1n) is 9.75. The van der Waals surface area contributed by atoms with Crippen molar-refractivity contribution in [3.05, 3.63) is 84.4 Å². The van der Waals surface area contributed by atoms with Gasteiger partial charge in [-0.2, -0.15) is 5.26 Å². The van der Waals surface area contributed by atoms with E-state index in [9.17, 15) is 5.26 Å². The maximum Gasteiger partial charge on any atom is 0.101 e.